The van der Waals surface area contributed by atoms with Gasteiger partial charge in [-0.05, 0) is 39.8 Å². The molecule has 0 aliphatic carbocycles. The molecule has 0 unspecified atom stereocenters. The highest BCUT2D eigenvalue weighted by atomic mass is 32.1. The van der Waals surface area contributed by atoms with Crippen LogP contribution in [0.2, 0.25) is 0 Å². The highest BCUT2D eigenvalue weighted by Crippen LogP contribution is 2.31. The average Bonchev–Trinajstić information content (AvgIpc) is 2.74. The van der Waals surface area contributed by atoms with E-state index in [9.17, 15) is 13.2 Å². The second-order valence-corrected chi connectivity index (χ2v) is 6.94. The van der Waals surface area contributed by atoms with Crippen LogP contribution >= 0.6 is 11.3 Å². The van der Waals surface area contributed by atoms with Gasteiger partial charge in [-0.2, -0.15) is 0 Å². The zero-order valence-electron chi connectivity index (χ0n) is 12.4. The minimum atomic E-state index is -1.46. The Morgan fingerprint density at radius 3 is 2.43 bits per heavy atom. The molecule has 2 aromatic rings. The monoisotopic (exact) mass is 314 g/mol. The Kier molecular flexibility index (Phi) is 4.39. The highest BCUT2D eigenvalue weighted by molar-refractivity contribution is 7.15. The molecule has 1 N–H and O–H groups in total. The van der Waals surface area contributed by atoms with E-state index in [-0.39, 0.29) is 11.1 Å². The first-order valence-corrected chi connectivity index (χ1v) is 7.36. The molecule has 0 aliphatic rings. The largest absolute Gasteiger partial charge is 0.307 e. The molecular formula is C15H17F3N2S. The van der Waals surface area contributed by atoms with Crippen molar-refractivity contribution in [1.82, 2.24) is 10.3 Å². The molecule has 2 nitrogen and oxygen atoms in total. The first-order chi connectivity index (χ1) is 9.69. The highest BCUT2D eigenvalue weighted by Gasteiger charge is 2.19. The molecule has 6 heteroatoms. The minimum absolute atomic E-state index is 0.0102. The zero-order valence-corrected chi connectivity index (χ0v) is 13.2. The Labute approximate surface area is 126 Å². The molecule has 0 saturated heterocycles. The summed E-state index contributed by atoms with van der Waals surface area (Å²) in [7, 11) is 0. The van der Waals surface area contributed by atoms with Gasteiger partial charge in [0.25, 0.3) is 0 Å². The number of rotatable bonds is 3. The second kappa shape index (κ2) is 5.77. The number of benzene rings is 1. The van der Waals surface area contributed by atoms with Crippen molar-refractivity contribution in [2.24, 2.45) is 0 Å². The lowest BCUT2D eigenvalue weighted by Gasteiger charge is -2.19. The van der Waals surface area contributed by atoms with Gasteiger partial charge >= 0.3 is 0 Å². The summed E-state index contributed by atoms with van der Waals surface area (Å²) in [5.74, 6) is -3.85. The molecular weight excluding hydrogens is 297 g/mol. The predicted molar refractivity (Wildman–Crippen MR) is 78.8 cm³/mol. The number of nitrogens with zero attached hydrogens (tertiary/aromatic N) is 1. The Morgan fingerprint density at radius 1 is 1.14 bits per heavy atom. The van der Waals surface area contributed by atoms with Crippen molar-refractivity contribution in [3.8, 4) is 10.6 Å². The normalized spacial score (nSPS) is 12.0. The Balaban J connectivity index is 2.33. The number of thiazole rings is 1. The maximum Gasteiger partial charge on any atom is 0.195 e. The lowest BCUT2D eigenvalue weighted by molar-refractivity contribution is 0.425. The summed E-state index contributed by atoms with van der Waals surface area (Å²) in [5.41, 5.74) is 0.698. The molecule has 0 bridgehead atoms. The third-order valence-electron chi connectivity index (χ3n) is 2.94. The van der Waals surface area contributed by atoms with Gasteiger partial charge in [0, 0.05) is 22.5 Å². The molecule has 1 heterocycles. The van der Waals surface area contributed by atoms with Crippen LogP contribution in [0, 0.1) is 24.4 Å². The summed E-state index contributed by atoms with van der Waals surface area (Å²) in [4.78, 5) is 5.21. The van der Waals surface area contributed by atoms with Crippen LogP contribution in [0.15, 0.2) is 12.1 Å². The second-order valence-electron chi connectivity index (χ2n) is 5.85. The van der Waals surface area contributed by atoms with Gasteiger partial charge in [0.1, 0.15) is 5.01 Å². The number of aromatic nitrogens is 1. The van der Waals surface area contributed by atoms with Crippen LogP contribution in [0.1, 0.15) is 31.3 Å². The van der Waals surface area contributed by atoms with Crippen molar-refractivity contribution >= 4 is 11.3 Å². The van der Waals surface area contributed by atoms with Crippen molar-refractivity contribution in [2.45, 2.75) is 39.8 Å². The minimum Gasteiger partial charge on any atom is -0.307 e. The summed E-state index contributed by atoms with van der Waals surface area (Å²) in [6, 6.07) is 2.13. The molecule has 21 heavy (non-hydrogen) atoms. The third-order valence-corrected chi connectivity index (χ3v) is 4.13. The quantitative estimate of drug-likeness (QED) is 0.848. The van der Waals surface area contributed by atoms with Crippen LogP contribution in [-0.2, 0) is 6.54 Å². The Hall–Kier alpha value is -1.40. The van der Waals surface area contributed by atoms with Crippen molar-refractivity contribution in [1.29, 1.82) is 0 Å². The fraction of sp³-hybridized carbons (Fsp3) is 0.400. The van der Waals surface area contributed by atoms with Gasteiger partial charge in [0.2, 0.25) is 0 Å². The Bertz CT molecular complexity index is 660. The molecule has 0 radical (unpaired) electrons. The van der Waals surface area contributed by atoms with E-state index in [0.717, 1.165) is 16.6 Å². The molecule has 1 aromatic heterocycles. The van der Waals surface area contributed by atoms with E-state index in [4.69, 9.17) is 0 Å². The first-order valence-electron chi connectivity index (χ1n) is 6.54. The van der Waals surface area contributed by atoms with Crippen LogP contribution in [0.4, 0.5) is 13.2 Å². The Morgan fingerprint density at radius 2 is 1.81 bits per heavy atom. The average molecular weight is 314 g/mol. The number of aryl methyl sites for hydroxylation is 1. The number of halogens is 3. The fourth-order valence-corrected chi connectivity index (χ4v) is 2.77. The topological polar surface area (TPSA) is 24.9 Å². The van der Waals surface area contributed by atoms with Crippen LogP contribution in [0.5, 0.6) is 0 Å². The molecule has 0 fully saturated rings. The van der Waals surface area contributed by atoms with E-state index in [1.54, 1.807) is 0 Å². The number of nitrogens with one attached hydrogen (secondary N) is 1. The van der Waals surface area contributed by atoms with E-state index in [2.05, 4.69) is 10.3 Å². The third kappa shape index (κ3) is 3.63. The van der Waals surface area contributed by atoms with Gasteiger partial charge in [-0.1, -0.05) is 0 Å². The van der Waals surface area contributed by atoms with Crippen molar-refractivity contribution in [2.75, 3.05) is 0 Å². The van der Waals surface area contributed by atoms with Gasteiger partial charge in [-0.25, -0.2) is 18.2 Å². The summed E-state index contributed by atoms with van der Waals surface area (Å²) >= 11 is 1.28. The maximum atomic E-state index is 13.8. The van der Waals surface area contributed by atoms with Crippen LogP contribution < -0.4 is 5.32 Å². The maximum absolute atomic E-state index is 13.8. The smallest absolute Gasteiger partial charge is 0.195 e. The first kappa shape index (κ1) is 16.0. The van der Waals surface area contributed by atoms with Crippen LogP contribution in [0.25, 0.3) is 10.6 Å². The zero-order chi connectivity index (χ0) is 15.8. The molecule has 0 saturated carbocycles. The number of hydrogen-bond donors (Lipinski definition) is 1. The molecule has 114 valence electrons. The van der Waals surface area contributed by atoms with Crippen LogP contribution in [0.3, 0.4) is 0 Å². The van der Waals surface area contributed by atoms with E-state index < -0.39 is 17.5 Å². The van der Waals surface area contributed by atoms with Gasteiger partial charge in [-0.15, -0.1) is 11.3 Å². The fourth-order valence-electron chi connectivity index (χ4n) is 1.74. The SMILES string of the molecule is Cc1nc(-c2ccc(F)c(F)c2F)sc1CNC(C)(C)C. The summed E-state index contributed by atoms with van der Waals surface area (Å²) in [6.45, 7) is 8.54. The van der Waals surface area contributed by atoms with Gasteiger partial charge < -0.3 is 5.32 Å². The summed E-state index contributed by atoms with van der Waals surface area (Å²) in [6.07, 6.45) is 0. The standard InChI is InChI=1S/C15H17F3N2S/c1-8-11(7-19-15(2,3)4)21-14(20-8)9-5-6-10(16)13(18)12(9)17/h5-6,19H,7H2,1-4H3. The lowest BCUT2D eigenvalue weighted by Crippen LogP contribution is -2.34. The molecule has 0 aliphatic heterocycles. The predicted octanol–water partition coefficient (Wildman–Crippen LogP) is 4.42. The van der Waals surface area contributed by atoms with Gasteiger partial charge in [0.05, 0.1) is 5.69 Å². The molecule has 1 aromatic carbocycles. The van der Waals surface area contributed by atoms with E-state index in [1.807, 2.05) is 27.7 Å². The lowest BCUT2D eigenvalue weighted by atomic mass is 10.1. The van der Waals surface area contributed by atoms with E-state index in [1.165, 1.54) is 17.4 Å². The molecule has 0 spiro atoms. The molecule has 0 amide bonds. The van der Waals surface area contributed by atoms with Gasteiger partial charge in [-0.3, -0.25) is 0 Å². The van der Waals surface area contributed by atoms with Crippen molar-refractivity contribution in [3.05, 3.63) is 40.2 Å². The van der Waals surface area contributed by atoms with Crippen LogP contribution in [-0.4, -0.2) is 10.5 Å². The summed E-state index contributed by atoms with van der Waals surface area (Å²) < 4.78 is 40.1. The van der Waals surface area contributed by atoms with E-state index >= 15 is 0 Å². The van der Waals surface area contributed by atoms with Gasteiger partial charge in [0.15, 0.2) is 17.5 Å². The number of hydrogen-bond acceptors (Lipinski definition) is 3. The van der Waals surface area contributed by atoms with Crippen molar-refractivity contribution in [3.63, 3.8) is 0 Å². The summed E-state index contributed by atoms with van der Waals surface area (Å²) in [5, 5.41) is 3.68. The van der Waals surface area contributed by atoms with Crippen molar-refractivity contribution < 1.29 is 13.2 Å². The van der Waals surface area contributed by atoms with E-state index in [0.29, 0.717) is 11.6 Å². The molecule has 2 rings (SSSR count). The molecule has 0 atom stereocenters.